The van der Waals surface area contributed by atoms with E-state index in [-0.39, 0.29) is 18.2 Å². The molecule has 4 nitrogen and oxygen atoms in total. The van der Waals surface area contributed by atoms with Gasteiger partial charge < -0.3 is 10.6 Å². The first-order chi connectivity index (χ1) is 7.97. The number of hydrogen-bond donors (Lipinski definition) is 2. The van der Waals surface area contributed by atoms with Gasteiger partial charge in [0.25, 0.3) is 0 Å². The molecule has 0 bridgehead atoms. The molecule has 0 fully saturated rings. The number of rotatable bonds is 4. The minimum absolute atomic E-state index is 0.163. The van der Waals surface area contributed by atoms with Crippen LogP contribution in [-0.2, 0) is 9.59 Å². The number of carbonyl (C=O) groups excluding carboxylic acids is 2. The first kappa shape index (κ1) is 13.8. The van der Waals surface area contributed by atoms with Gasteiger partial charge in [-0.25, -0.2) is 0 Å². The zero-order chi connectivity index (χ0) is 12.8. The van der Waals surface area contributed by atoms with Gasteiger partial charge in [-0.05, 0) is 18.2 Å². The SMILES string of the molecule is CC(=O)NCCC(=O)Nc1cc(Cl)cc(Cl)c1. The highest BCUT2D eigenvalue weighted by Crippen LogP contribution is 2.22. The fourth-order valence-corrected chi connectivity index (χ4v) is 1.73. The van der Waals surface area contributed by atoms with Crippen molar-refractivity contribution in [3.8, 4) is 0 Å². The summed E-state index contributed by atoms with van der Waals surface area (Å²) in [7, 11) is 0. The Morgan fingerprint density at radius 1 is 1.18 bits per heavy atom. The average molecular weight is 275 g/mol. The van der Waals surface area contributed by atoms with Gasteiger partial charge in [0.2, 0.25) is 11.8 Å². The molecule has 92 valence electrons. The molecular formula is C11H12Cl2N2O2. The Morgan fingerprint density at radius 3 is 2.29 bits per heavy atom. The van der Waals surface area contributed by atoms with Crippen molar-refractivity contribution in [1.29, 1.82) is 0 Å². The number of benzene rings is 1. The lowest BCUT2D eigenvalue weighted by atomic mass is 10.3. The molecule has 6 heteroatoms. The minimum atomic E-state index is -0.211. The number of halogens is 2. The Morgan fingerprint density at radius 2 is 1.76 bits per heavy atom. The Labute approximate surface area is 109 Å². The van der Waals surface area contributed by atoms with Crippen LogP contribution in [0.5, 0.6) is 0 Å². The molecule has 0 radical (unpaired) electrons. The van der Waals surface area contributed by atoms with Gasteiger partial charge in [0.15, 0.2) is 0 Å². The normalized spacial score (nSPS) is 9.82. The van der Waals surface area contributed by atoms with Gasteiger partial charge in [-0.15, -0.1) is 0 Å². The molecule has 0 aliphatic carbocycles. The smallest absolute Gasteiger partial charge is 0.226 e. The van der Waals surface area contributed by atoms with Crippen molar-refractivity contribution in [2.45, 2.75) is 13.3 Å². The maximum Gasteiger partial charge on any atom is 0.226 e. The topological polar surface area (TPSA) is 58.2 Å². The number of anilines is 1. The van der Waals surface area contributed by atoms with E-state index in [1.165, 1.54) is 6.92 Å². The highest BCUT2D eigenvalue weighted by atomic mass is 35.5. The maximum absolute atomic E-state index is 11.5. The van der Waals surface area contributed by atoms with Crippen LogP contribution in [0.25, 0.3) is 0 Å². The molecule has 2 N–H and O–H groups in total. The molecule has 0 saturated carbocycles. The molecule has 0 spiro atoms. The fourth-order valence-electron chi connectivity index (χ4n) is 1.20. The predicted molar refractivity (Wildman–Crippen MR) is 68.4 cm³/mol. The highest BCUT2D eigenvalue weighted by molar-refractivity contribution is 6.35. The molecule has 0 aromatic heterocycles. The first-order valence-electron chi connectivity index (χ1n) is 4.98. The Hall–Kier alpha value is -1.26. The van der Waals surface area contributed by atoms with Crippen molar-refractivity contribution in [2.75, 3.05) is 11.9 Å². The van der Waals surface area contributed by atoms with E-state index in [9.17, 15) is 9.59 Å². The van der Waals surface area contributed by atoms with Gasteiger partial charge in [0.1, 0.15) is 0 Å². The van der Waals surface area contributed by atoms with E-state index in [0.717, 1.165) is 0 Å². The summed E-state index contributed by atoms with van der Waals surface area (Å²) in [5, 5.41) is 6.08. The zero-order valence-corrected chi connectivity index (χ0v) is 10.7. The third-order valence-electron chi connectivity index (χ3n) is 1.87. The van der Waals surface area contributed by atoms with Gasteiger partial charge in [-0.1, -0.05) is 23.2 Å². The van der Waals surface area contributed by atoms with E-state index in [4.69, 9.17) is 23.2 Å². The molecule has 0 aliphatic rings. The fraction of sp³-hybridized carbons (Fsp3) is 0.273. The molecule has 1 aromatic carbocycles. The van der Waals surface area contributed by atoms with Gasteiger partial charge in [0.05, 0.1) is 0 Å². The molecule has 0 aliphatic heterocycles. The van der Waals surface area contributed by atoms with Crippen molar-refractivity contribution >= 4 is 40.7 Å². The van der Waals surface area contributed by atoms with Crippen molar-refractivity contribution in [3.05, 3.63) is 28.2 Å². The Kier molecular flexibility index (Phi) is 5.25. The number of amides is 2. The summed E-state index contributed by atoms with van der Waals surface area (Å²) < 4.78 is 0. The average Bonchev–Trinajstić information content (AvgIpc) is 2.14. The first-order valence-corrected chi connectivity index (χ1v) is 5.73. The molecular weight excluding hydrogens is 263 g/mol. The Bertz CT molecular complexity index is 415. The molecule has 17 heavy (non-hydrogen) atoms. The summed E-state index contributed by atoms with van der Waals surface area (Å²) in [6.07, 6.45) is 0.198. The second kappa shape index (κ2) is 6.47. The largest absolute Gasteiger partial charge is 0.356 e. The van der Waals surface area contributed by atoms with Gasteiger partial charge >= 0.3 is 0 Å². The minimum Gasteiger partial charge on any atom is -0.356 e. The van der Waals surface area contributed by atoms with Crippen LogP contribution in [0, 0.1) is 0 Å². The lowest BCUT2D eigenvalue weighted by Gasteiger charge is -2.06. The van der Waals surface area contributed by atoms with E-state index in [2.05, 4.69) is 10.6 Å². The van der Waals surface area contributed by atoms with Gasteiger partial charge in [-0.2, -0.15) is 0 Å². The van der Waals surface area contributed by atoms with Crippen LogP contribution in [0.1, 0.15) is 13.3 Å². The zero-order valence-electron chi connectivity index (χ0n) is 9.22. The van der Waals surface area contributed by atoms with E-state index in [1.807, 2.05) is 0 Å². The summed E-state index contributed by atoms with van der Waals surface area (Å²) in [6, 6.07) is 4.78. The molecule has 1 aromatic rings. The lowest BCUT2D eigenvalue weighted by molar-refractivity contribution is -0.119. The van der Waals surface area contributed by atoms with Crippen LogP contribution in [0.2, 0.25) is 10.0 Å². The standard InChI is InChI=1S/C11H12Cl2N2O2/c1-7(16)14-3-2-11(17)15-10-5-8(12)4-9(13)6-10/h4-6H,2-3H2,1H3,(H,14,16)(H,15,17). The second-order valence-corrected chi connectivity index (χ2v) is 4.31. The lowest BCUT2D eigenvalue weighted by Crippen LogP contribution is -2.25. The van der Waals surface area contributed by atoms with Crippen LogP contribution in [0.15, 0.2) is 18.2 Å². The van der Waals surface area contributed by atoms with E-state index in [0.29, 0.717) is 22.3 Å². The number of carbonyl (C=O) groups is 2. The summed E-state index contributed by atoms with van der Waals surface area (Å²) in [5.41, 5.74) is 0.537. The maximum atomic E-state index is 11.5. The summed E-state index contributed by atoms with van der Waals surface area (Å²) in [6.45, 7) is 1.70. The van der Waals surface area contributed by atoms with Crippen LogP contribution in [0.3, 0.4) is 0 Å². The second-order valence-electron chi connectivity index (χ2n) is 3.44. The van der Waals surface area contributed by atoms with Crippen molar-refractivity contribution < 1.29 is 9.59 Å². The van der Waals surface area contributed by atoms with Crippen LogP contribution in [0.4, 0.5) is 5.69 Å². The van der Waals surface area contributed by atoms with Crippen LogP contribution in [-0.4, -0.2) is 18.4 Å². The van der Waals surface area contributed by atoms with Gasteiger partial charge in [0, 0.05) is 35.6 Å². The van der Waals surface area contributed by atoms with Crippen molar-refractivity contribution in [3.63, 3.8) is 0 Å². The third-order valence-corrected chi connectivity index (χ3v) is 2.31. The van der Waals surface area contributed by atoms with Crippen molar-refractivity contribution in [1.82, 2.24) is 5.32 Å². The quantitative estimate of drug-likeness (QED) is 0.886. The van der Waals surface area contributed by atoms with Crippen molar-refractivity contribution in [2.24, 2.45) is 0 Å². The summed E-state index contributed by atoms with van der Waals surface area (Å²) in [5.74, 6) is -0.374. The third kappa shape index (κ3) is 5.56. The molecule has 2 amide bonds. The molecule has 0 unspecified atom stereocenters. The Balaban J connectivity index is 2.47. The predicted octanol–water partition coefficient (Wildman–Crippen LogP) is 2.46. The monoisotopic (exact) mass is 274 g/mol. The number of nitrogens with one attached hydrogen (secondary N) is 2. The molecule has 0 atom stereocenters. The summed E-state index contributed by atoms with van der Waals surface area (Å²) >= 11 is 11.6. The summed E-state index contributed by atoms with van der Waals surface area (Å²) in [4.78, 5) is 22.1. The van der Waals surface area contributed by atoms with E-state index in [1.54, 1.807) is 18.2 Å². The number of hydrogen-bond acceptors (Lipinski definition) is 2. The molecule has 1 rings (SSSR count). The van der Waals surface area contributed by atoms with E-state index < -0.39 is 0 Å². The molecule has 0 saturated heterocycles. The van der Waals surface area contributed by atoms with Crippen LogP contribution < -0.4 is 10.6 Å². The van der Waals surface area contributed by atoms with Gasteiger partial charge in [-0.3, -0.25) is 9.59 Å². The molecule has 0 heterocycles. The van der Waals surface area contributed by atoms with Crippen LogP contribution >= 0.6 is 23.2 Å². The van der Waals surface area contributed by atoms with E-state index >= 15 is 0 Å². The highest BCUT2D eigenvalue weighted by Gasteiger charge is 2.04.